The largest absolute Gasteiger partial charge is 0.258 e. The van der Waals surface area contributed by atoms with E-state index in [4.69, 9.17) is 0 Å². The lowest BCUT2D eigenvalue weighted by Crippen LogP contribution is -1.94. The third-order valence-electron chi connectivity index (χ3n) is 2.53. The van der Waals surface area contributed by atoms with E-state index in [-0.39, 0.29) is 0 Å². The van der Waals surface area contributed by atoms with Crippen molar-refractivity contribution < 1.29 is 0 Å². The molecule has 0 saturated heterocycles. The van der Waals surface area contributed by atoms with Crippen LogP contribution in [-0.2, 0) is 0 Å². The highest BCUT2D eigenvalue weighted by Gasteiger charge is 2.14. The average Bonchev–Trinajstić information content (AvgIpc) is 2.42. The van der Waals surface area contributed by atoms with Crippen LogP contribution in [0, 0.1) is 13.8 Å². The lowest BCUT2D eigenvalue weighted by atomic mass is 10.0. The molecule has 3 heteroatoms. The molecule has 0 bridgehead atoms. The molecule has 2 aromatic rings. The third kappa shape index (κ3) is 1.20. The van der Waals surface area contributed by atoms with Gasteiger partial charge in [0, 0.05) is 18.0 Å². The zero-order chi connectivity index (χ0) is 10.3. The van der Waals surface area contributed by atoms with Gasteiger partial charge in [-0.3, -0.25) is 4.98 Å². The Hall–Kier alpha value is -1.38. The second-order valence-electron chi connectivity index (χ2n) is 3.96. The molecule has 0 aromatic carbocycles. The van der Waals surface area contributed by atoms with Crippen LogP contribution in [0.5, 0.6) is 0 Å². The van der Waals surface area contributed by atoms with Gasteiger partial charge in [0.2, 0.25) is 0 Å². The molecule has 3 nitrogen and oxygen atoms in total. The summed E-state index contributed by atoms with van der Waals surface area (Å²) in [5.74, 6) is 0.496. The number of hydrogen-bond donors (Lipinski definition) is 0. The Morgan fingerprint density at radius 3 is 2.57 bits per heavy atom. The van der Waals surface area contributed by atoms with Crippen LogP contribution >= 0.6 is 0 Å². The summed E-state index contributed by atoms with van der Waals surface area (Å²) in [7, 11) is 0. The predicted molar refractivity (Wildman–Crippen MR) is 56.6 cm³/mol. The normalized spacial score (nSPS) is 11.5. The molecule has 0 amide bonds. The van der Waals surface area contributed by atoms with Gasteiger partial charge in [-0.05, 0) is 19.8 Å². The Morgan fingerprint density at radius 1 is 1.21 bits per heavy atom. The Bertz CT molecular complexity index is 469. The van der Waals surface area contributed by atoms with E-state index in [1.807, 2.05) is 17.6 Å². The van der Waals surface area contributed by atoms with Crippen molar-refractivity contribution in [2.75, 3.05) is 0 Å². The number of aryl methyl sites for hydroxylation is 2. The van der Waals surface area contributed by atoms with Crippen molar-refractivity contribution in [3.05, 3.63) is 29.3 Å². The highest BCUT2D eigenvalue weighted by Crippen LogP contribution is 2.25. The van der Waals surface area contributed by atoms with Gasteiger partial charge in [0.15, 0.2) is 0 Å². The van der Waals surface area contributed by atoms with Crippen LogP contribution in [0.15, 0.2) is 12.4 Å². The van der Waals surface area contributed by atoms with Crippen LogP contribution in [0.3, 0.4) is 0 Å². The summed E-state index contributed by atoms with van der Waals surface area (Å²) in [5.41, 5.74) is 4.64. The summed E-state index contributed by atoms with van der Waals surface area (Å²) < 4.78 is 1.92. The lowest BCUT2D eigenvalue weighted by Gasteiger charge is -2.04. The van der Waals surface area contributed by atoms with Gasteiger partial charge in [-0.1, -0.05) is 13.8 Å². The van der Waals surface area contributed by atoms with Crippen LogP contribution in [0.2, 0.25) is 0 Å². The van der Waals surface area contributed by atoms with E-state index in [1.165, 1.54) is 11.1 Å². The van der Waals surface area contributed by atoms with E-state index in [0.717, 1.165) is 11.4 Å². The maximum absolute atomic E-state index is 4.47. The van der Waals surface area contributed by atoms with Crippen molar-refractivity contribution in [2.24, 2.45) is 0 Å². The average molecular weight is 189 g/mol. The highest BCUT2D eigenvalue weighted by atomic mass is 15.2. The fourth-order valence-electron chi connectivity index (χ4n) is 1.99. The maximum Gasteiger partial charge on any atom is 0.0911 e. The van der Waals surface area contributed by atoms with E-state index >= 15 is 0 Å². The van der Waals surface area contributed by atoms with Gasteiger partial charge in [0.05, 0.1) is 16.9 Å². The van der Waals surface area contributed by atoms with Gasteiger partial charge < -0.3 is 0 Å². The van der Waals surface area contributed by atoms with E-state index < -0.39 is 0 Å². The van der Waals surface area contributed by atoms with Gasteiger partial charge in [-0.25, -0.2) is 4.52 Å². The van der Waals surface area contributed by atoms with Gasteiger partial charge in [-0.15, -0.1) is 0 Å². The Morgan fingerprint density at radius 2 is 1.93 bits per heavy atom. The highest BCUT2D eigenvalue weighted by molar-refractivity contribution is 5.60. The molecular formula is C11H15N3. The first-order valence-corrected chi connectivity index (χ1v) is 4.91. The molecule has 2 aromatic heterocycles. The first-order valence-electron chi connectivity index (χ1n) is 4.91. The molecular weight excluding hydrogens is 174 g/mol. The molecule has 14 heavy (non-hydrogen) atoms. The molecule has 2 rings (SSSR count). The van der Waals surface area contributed by atoms with Crippen LogP contribution in [0.25, 0.3) is 5.52 Å². The molecule has 0 aliphatic heterocycles. The fourth-order valence-corrected chi connectivity index (χ4v) is 1.99. The van der Waals surface area contributed by atoms with Gasteiger partial charge in [0.1, 0.15) is 0 Å². The predicted octanol–water partition coefficient (Wildman–Crippen LogP) is 2.47. The Labute approximate surface area is 83.8 Å². The summed E-state index contributed by atoms with van der Waals surface area (Å²) >= 11 is 0. The summed E-state index contributed by atoms with van der Waals surface area (Å²) in [6.45, 7) is 8.47. The lowest BCUT2D eigenvalue weighted by molar-refractivity contribution is 0.861. The van der Waals surface area contributed by atoms with E-state index in [2.05, 4.69) is 30.9 Å². The van der Waals surface area contributed by atoms with Crippen molar-refractivity contribution in [3.8, 4) is 0 Å². The monoisotopic (exact) mass is 189 g/mol. The molecule has 0 saturated carbocycles. The first kappa shape index (κ1) is 9.19. The van der Waals surface area contributed by atoms with Crippen LogP contribution in [0.4, 0.5) is 0 Å². The molecule has 0 unspecified atom stereocenters. The zero-order valence-corrected chi connectivity index (χ0v) is 9.07. The molecule has 74 valence electrons. The minimum absolute atomic E-state index is 0.496. The molecule has 0 aliphatic rings. The third-order valence-corrected chi connectivity index (χ3v) is 2.53. The number of rotatable bonds is 1. The van der Waals surface area contributed by atoms with E-state index in [9.17, 15) is 0 Å². The SMILES string of the molecule is Cc1nn2ccnc(C)c2c1C(C)C. The van der Waals surface area contributed by atoms with Crippen molar-refractivity contribution in [1.82, 2.24) is 14.6 Å². The molecule has 2 heterocycles. The standard InChI is InChI=1S/C11H15N3/c1-7(2)10-8(3)13-14-6-5-12-9(4)11(10)14/h5-7H,1-4H3. The number of nitrogens with zero attached hydrogens (tertiary/aromatic N) is 3. The first-order chi connectivity index (χ1) is 6.61. The molecule has 0 fully saturated rings. The molecule has 0 atom stereocenters. The van der Waals surface area contributed by atoms with Gasteiger partial charge in [-0.2, -0.15) is 5.10 Å². The maximum atomic E-state index is 4.47. The minimum Gasteiger partial charge on any atom is -0.258 e. The molecule has 0 spiro atoms. The van der Waals surface area contributed by atoms with Gasteiger partial charge in [0.25, 0.3) is 0 Å². The topological polar surface area (TPSA) is 30.2 Å². The molecule has 0 aliphatic carbocycles. The van der Waals surface area contributed by atoms with Crippen LogP contribution in [-0.4, -0.2) is 14.6 Å². The number of hydrogen-bond acceptors (Lipinski definition) is 2. The smallest absolute Gasteiger partial charge is 0.0911 e. The van der Waals surface area contributed by atoms with Gasteiger partial charge >= 0.3 is 0 Å². The summed E-state index contributed by atoms with van der Waals surface area (Å²) in [5, 5.41) is 4.47. The summed E-state index contributed by atoms with van der Waals surface area (Å²) in [4.78, 5) is 4.30. The minimum atomic E-state index is 0.496. The summed E-state index contributed by atoms with van der Waals surface area (Å²) in [6.07, 6.45) is 3.69. The van der Waals surface area contributed by atoms with Crippen LogP contribution < -0.4 is 0 Å². The second-order valence-corrected chi connectivity index (χ2v) is 3.96. The Balaban J connectivity index is 2.86. The van der Waals surface area contributed by atoms with Crippen molar-refractivity contribution in [1.29, 1.82) is 0 Å². The number of aromatic nitrogens is 3. The van der Waals surface area contributed by atoms with Crippen molar-refractivity contribution in [3.63, 3.8) is 0 Å². The van der Waals surface area contributed by atoms with Crippen molar-refractivity contribution in [2.45, 2.75) is 33.6 Å². The quantitative estimate of drug-likeness (QED) is 0.689. The number of fused-ring (bicyclic) bond motifs is 1. The fraction of sp³-hybridized carbons (Fsp3) is 0.455. The van der Waals surface area contributed by atoms with E-state index in [1.54, 1.807) is 6.20 Å². The molecule has 0 N–H and O–H groups in total. The van der Waals surface area contributed by atoms with Crippen molar-refractivity contribution >= 4 is 5.52 Å². The zero-order valence-electron chi connectivity index (χ0n) is 9.07. The summed E-state index contributed by atoms with van der Waals surface area (Å²) in [6, 6.07) is 0. The van der Waals surface area contributed by atoms with E-state index in [0.29, 0.717) is 5.92 Å². The van der Waals surface area contributed by atoms with Crippen LogP contribution in [0.1, 0.15) is 36.7 Å². The second kappa shape index (κ2) is 3.08. The Kier molecular flexibility index (Phi) is 2.02. The molecule has 0 radical (unpaired) electrons.